The van der Waals surface area contributed by atoms with Crippen molar-refractivity contribution in [2.24, 2.45) is 0 Å². The zero-order valence-electron chi connectivity index (χ0n) is 35.3. The average Bonchev–Trinajstić information content (AvgIpc) is 3.68. The maximum absolute atomic E-state index is 2.44. The Labute approximate surface area is 374 Å². The molecular formula is C63H43N. The zero-order chi connectivity index (χ0) is 42.5. The first-order valence-electron chi connectivity index (χ1n) is 22.2. The molecule has 0 aromatic heterocycles. The van der Waals surface area contributed by atoms with Gasteiger partial charge in [-0.25, -0.2) is 0 Å². The summed E-state index contributed by atoms with van der Waals surface area (Å²) in [5.41, 5.74) is 17.7. The normalized spacial score (nSPS) is 12.5. The van der Waals surface area contributed by atoms with Crippen molar-refractivity contribution in [2.45, 2.75) is 5.41 Å². The molecule has 0 saturated carbocycles. The molecule has 0 saturated heterocycles. The molecular weight excluding hydrogens is 771 g/mol. The van der Waals surface area contributed by atoms with Gasteiger partial charge in [0.2, 0.25) is 0 Å². The molecule has 0 bridgehead atoms. The third kappa shape index (κ3) is 6.08. The highest BCUT2D eigenvalue weighted by molar-refractivity contribution is 6.01. The minimum Gasteiger partial charge on any atom is -0.310 e. The van der Waals surface area contributed by atoms with Gasteiger partial charge in [0.05, 0.1) is 11.1 Å². The van der Waals surface area contributed by atoms with Crippen molar-refractivity contribution in [2.75, 3.05) is 4.90 Å². The number of benzene rings is 11. The number of nitrogens with zero attached hydrogens (tertiary/aromatic N) is 1. The maximum Gasteiger partial charge on any atom is 0.0713 e. The van der Waals surface area contributed by atoms with E-state index < -0.39 is 5.41 Å². The lowest BCUT2D eigenvalue weighted by molar-refractivity contribution is 0.768. The first-order valence-corrected chi connectivity index (χ1v) is 22.2. The highest BCUT2D eigenvalue weighted by Gasteiger charge is 2.46. The standard InChI is InChI=1S/C63H43N/c1-3-21-50(22-4-1)63(51-23-5-2-6-24-51)59-30-13-11-27-58(59)62-57(29-16-31-60(62)63)56-26-12-14-32-61(56)64(53-42-39-44-17-7-8-19-49(44)43-53)52-40-37-46(38-41-52)45-33-35-48(36-34-45)55-28-15-20-47-18-9-10-25-54(47)55/h1-43H. The van der Waals surface area contributed by atoms with Crippen LogP contribution in [0.4, 0.5) is 17.1 Å². The van der Waals surface area contributed by atoms with Gasteiger partial charge in [-0.3, -0.25) is 0 Å². The van der Waals surface area contributed by atoms with E-state index in [0.717, 1.165) is 17.1 Å². The van der Waals surface area contributed by atoms with Crippen molar-refractivity contribution < 1.29 is 0 Å². The van der Waals surface area contributed by atoms with Gasteiger partial charge in [0.25, 0.3) is 0 Å². The first kappa shape index (κ1) is 37.5. The Hall–Kier alpha value is -8.26. The summed E-state index contributed by atoms with van der Waals surface area (Å²) >= 11 is 0. The molecule has 0 fully saturated rings. The minimum absolute atomic E-state index is 0.486. The van der Waals surface area contributed by atoms with Crippen LogP contribution in [0.1, 0.15) is 22.3 Å². The summed E-state index contributed by atoms with van der Waals surface area (Å²) < 4.78 is 0. The van der Waals surface area contributed by atoms with Gasteiger partial charge < -0.3 is 4.90 Å². The molecule has 1 aliphatic rings. The molecule has 1 heteroatoms. The molecule has 11 aromatic carbocycles. The van der Waals surface area contributed by atoms with Crippen molar-refractivity contribution in [1.29, 1.82) is 0 Å². The van der Waals surface area contributed by atoms with Gasteiger partial charge in [0, 0.05) is 16.9 Å². The number of hydrogen-bond donors (Lipinski definition) is 0. The Balaban J connectivity index is 1.01. The molecule has 0 N–H and O–H groups in total. The quantitative estimate of drug-likeness (QED) is 0.148. The van der Waals surface area contributed by atoms with Crippen LogP contribution in [-0.4, -0.2) is 0 Å². The van der Waals surface area contributed by atoms with Gasteiger partial charge in [-0.05, 0) is 113 Å². The van der Waals surface area contributed by atoms with E-state index in [2.05, 4.69) is 266 Å². The Morgan fingerprint density at radius 3 is 1.53 bits per heavy atom. The Bertz CT molecular complexity index is 3430. The molecule has 64 heavy (non-hydrogen) atoms. The van der Waals surface area contributed by atoms with Gasteiger partial charge in [-0.15, -0.1) is 0 Å². The molecule has 300 valence electrons. The van der Waals surface area contributed by atoms with Gasteiger partial charge >= 0.3 is 0 Å². The average molecular weight is 814 g/mol. The fourth-order valence-corrected chi connectivity index (χ4v) is 10.5. The summed E-state index contributed by atoms with van der Waals surface area (Å²) in [4.78, 5) is 2.44. The van der Waals surface area contributed by atoms with Crippen molar-refractivity contribution in [3.05, 3.63) is 283 Å². The van der Waals surface area contributed by atoms with Crippen molar-refractivity contribution >= 4 is 38.6 Å². The number of hydrogen-bond acceptors (Lipinski definition) is 1. The van der Waals surface area contributed by atoms with Gasteiger partial charge in [0.1, 0.15) is 0 Å². The van der Waals surface area contributed by atoms with Crippen molar-refractivity contribution in [3.8, 4) is 44.5 Å². The second-order valence-corrected chi connectivity index (χ2v) is 16.8. The summed E-state index contributed by atoms with van der Waals surface area (Å²) in [7, 11) is 0. The van der Waals surface area contributed by atoms with E-state index >= 15 is 0 Å². The van der Waals surface area contributed by atoms with E-state index in [9.17, 15) is 0 Å². The number of rotatable bonds is 8. The Morgan fingerprint density at radius 1 is 0.281 bits per heavy atom. The highest BCUT2D eigenvalue weighted by atomic mass is 15.1. The molecule has 12 rings (SSSR count). The third-order valence-corrected chi connectivity index (χ3v) is 13.4. The number of fused-ring (bicyclic) bond motifs is 5. The van der Waals surface area contributed by atoms with Crippen LogP contribution in [0.2, 0.25) is 0 Å². The lowest BCUT2D eigenvalue weighted by atomic mass is 9.67. The van der Waals surface area contributed by atoms with Crippen LogP contribution in [0, 0.1) is 0 Å². The van der Waals surface area contributed by atoms with E-state index in [1.165, 1.54) is 88.3 Å². The van der Waals surface area contributed by atoms with Crippen molar-refractivity contribution in [1.82, 2.24) is 0 Å². The Kier molecular flexibility index (Phi) is 9.13. The molecule has 0 amide bonds. The topological polar surface area (TPSA) is 3.24 Å². The number of para-hydroxylation sites is 1. The Morgan fingerprint density at radius 2 is 0.781 bits per heavy atom. The third-order valence-electron chi connectivity index (χ3n) is 13.4. The monoisotopic (exact) mass is 813 g/mol. The lowest BCUT2D eigenvalue weighted by Gasteiger charge is -2.34. The van der Waals surface area contributed by atoms with E-state index in [-0.39, 0.29) is 0 Å². The zero-order valence-corrected chi connectivity index (χ0v) is 35.3. The van der Waals surface area contributed by atoms with Crippen LogP contribution < -0.4 is 4.90 Å². The van der Waals surface area contributed by atoms with Crippen LogP contribution in [0.5, 0.6) is 0 Å². The number of anilines is 3. The molecule has 0 atom stereocenters. The van der Waals surface area contributed by atoms with Crippen LogP contribution in [-0.2, 0) is 5.41 Å². The summed E-state index contributed by atoms with van der Waals surface area (Å²) in [5.74, 6) is 0. The van der Waals surface area contributed by atoms with E-state index in [1.807, 2.05) is 0 Å². The minimum atomic E-state index is -0.486. The fourth-order valence-electron chi connectivity index (χ4n) is 10.5. The molecule has 0 spiro atoms. The molecule has 11 aromatic rings. The summed E-state index contributed by atoms with van der Waals surface area (Å²) in [5, 5.41) is 4.95. The first-order chi connectivity index (χ1) is 31.8. The maximum atomic E-state index is 2.44. The second-order valence-electron chi connectivity index (χ2n) is 16.8. The van der Waals surface area contributed by atoms with Gasteiger partial charge in [0.15, 0.2) is 0 Å². The van der Waals surface area contributed by atoms with Crippen LogP contribution in [0.3, 0.4) is 0 Å². The van der Waals surface area contributed by atoms with Crippen LogP contribution in [0.15, 0.2) is 261 Å². The summed E-state index contributed by atoms with van der Waals surface area (Å²) in [6.45, 7) is 0. The highest BCUT2D eigenvalue weighted by Crippen LogP contribution is 2.59. The molecule has 1 nitrogen and oxygen atoms in total. The predicted octanol–water partition coefficient (Wildman–Crippen LogP) is 16.8. The fraction of sp³-hybridized carbons (Fsp3) is 0.0159. The van der Waals surface area contributed by atoms with Gasteiger partial charge in [-0.2, -0.15) is 0 Å². The summed E-state index contributed by atoms with van der Waals surface area (Å²) in [6, 6.07) is 95.8. The van der Waals surface area contributed by atoms with E-state index in [0.29, 0.717) is 0 Å². The smallest absolute Gasteiger partial charge is 0.0713 e. The van der Waals surface area contributed by atoms with E-state index in [1.54, 1.807) is 0 Å². The van der Waals surface area contributed by atoms with Crippen molar-refractivity contribution in [3.63, 3.8) is 0 Å². The van der Waals surface area contributed by atoms with E-state index in [4.69, 9.17) is 0 Å². The molecule has 0 heterocycles. The molecule has 0 aliphatic heterocycles. The van der Waals surface area contributed by atoms with Crippen LogP contribution >= 0.6 is 0 Å². The summed E-state index contributed by atoms with van der Waals surface area (Å²) in [6.07, 6.45) is 0. The predicted molar refractivity (Wildman–Crippen MR) is 270 cm³/mol. The largest absolute Gasteiger partial charge is 0.310 e. The molecule has 0 radical (unpaired) electrons. The SMILES string of the molecule is c1ccc(C2(c3ccccc3)c3ccccc3-c3c(-c4ccccc4N(c4ccc(-c5ccc(-c6cccc7ccccc67)cc5)cc4)c4ccc5ccccc5c4)cccc32)cc1. The van der Waals surface area contributed by atoms with Gasteiger partial charge in [-0.1, -0.05) is 231 Å². The second kappa shape index (κ2) is 15.6. The molecule has 0 unspecified atom stereocenters. The lowest BCUT2D eigenvalue weighted by Crippen LogP contribution is -2.28. The van der Waals surface area contributed by atoms with Crippen LogP contribution in [0.25, 0.3) is 66.1 Å². The molecule has 1 aliphatic carbocycles.